The van der Waals surface area contributed by atoms with Crippen LogP contribution in [0.1, 0.15) is 42.5 Å². The lowest BCUT2D eigenvalue weighted by Crippen LogP contribution is -2.37. The van der Waals surface area contributed by atoms with Gasteiger partial charge in [0, 0.05) is 17.6 Å². The van der Waals surface area contributed by atoms with Crippen LogP contribution in [0.4, 0.5) is 4.39 Å². The van der Waals surface area contributed by atoms with Gasteiger partial charge in [-0.1, -0.05) is 49.4 Å². The minimum absolute atomic E-state index is 0.0986. The van der Waals surface area contributed by atoms with Gasteiger partial charge in [0.2, 0.25) is 0 Å². The van der Waals surface area contributed by atoms with Gasteiger partial charge in [-0.2, -0.15) is 0 Å². The van der Waals surface area contributed by atoms with Gasteiger partial charge in [-0.15, -0.1) is 0 Å². The topological polar surface area (TPSA) is 12.0 Å². The molecule has 0 saturated carbocycles. The minimum Gasteiger partial charge on any atom is -0.307 e. The van der Waals surface area contributed by atoms with Crippen molar-refractivity contribution >= 4 is 0 Å². The highest BCUT2D eigenvalue weighted by Gasteiger charge is 2.22. The van der Waals surface area contributed by atoms with Gasteiger partial charge in [0.15, 0.2) is 0 Å². The van der Waals surface area contributed by atoms with E-state index in [-0.39, 0.29) is 11.9 Å². The Bertz CT molecular complexity index is 608. The van der Waals surface area contributed by atoms with Crippen molar-refractivity contribution in [3.63, 3.8) is 0 Å². The molecule has 1 nitrogen and oxygen atoms in total. The van der Waals surface area contributed by atoms with Crippen molar-refractivity contribution in [3.8, 4) is 0 Å². The summed E-state index contributed by atoms with van der Waals surface area (Å²) in [7, 11) is 0. The number of halogens is 1. The van der Waals surface area contributed by atoms with E-state index in [1.165, 1.54) is 11.1 Å². The Labute approximate surface area is 126 Å². The predicted molar refractivity (Wildman–Crippen MR) is 84.8 cm³/mol. The number of benzene rings is 2. The number of fused-ring (bicyclic) bond motifs is 1. The molecule has 1 aliphatic rings. The second-order valence-electron chi connectivity index (χ2n) is 5.86. The van der Waals surface area contributed by atoms with E-state index in [1.54, 1.807) is 12.1 Å². The summed E-state index contributed by atoms with van der Waals surface area (Å²) in [4.78, 5) is 0. The first-order valence-corrected chi connectivity index (χ1v) is 7.85. The van der Waals surface area contributed by atoms with Crippen LogP contribution in [0.3, 0.4) is 0 Å². The maximum atomic E-state index is 14.0. The van der Waals surface area contributed by atoms with Gasteiger partial charge in [0.1, 0.15) is 5.82 Å². The number of aryl methyl sites for hydroxylation is 1. The Kier molecular flexibility index (Phi) is 4.35. The van der Waals surface area contributed by atoms with Crippen molar-refractivity contribution in [2.24, 2.45) is 0 Å². The first-order valence-electron chi connectivity index (χ1n) is 7.85. The van der Waals surface area contributed by atoms with E-state index in [4.69, 9.17) is 0 Å². The van der Waals surface area contributed by atoms with E-state index in [9.17, 15) is 4.39 Å². The van der Waals surface area contributed by atoms with Crippen LogP contribution in [0.5, 0.6) is 0 Å². The van der Waals surface area contributed by atoms with Crippen LogP contribution in [-0.4, -0.2) is 6.04 Å². The highest BCUT2D eigenvalue weighted by Crippen LogP contribution is 2.25. The molecule has 3 rings (SSSR count). The van der Waals surface area contributed by atoms with Crippen molar-refractivity contribution in [2.75, 3.05) is 0 Å². The number of hydrogen-bond donors (Lipinski definition) is 1. The summed E-state index contributed by atoms with van der Waals surface area (Å²) < 4.78 is 14.0. The molecular formula is C19H22FN. The second-order valence-corrected chi connectivity index (χ2v) is 5.86. The van der Waals surface area contributed by atoms with Crippen LogP contribution < -0.4 is 5.32 Å². The average molecular weight is 283 g/mol. The van der Waals surface area contributed by atoms with E-state index in [2.05, 4.69) is 36.5 Å². The molecule has 2 aromatic carbocycles. The maximum Gasteiger partial charge on any atom is 0.127 e. The Morgan fingerprint density at radius 3 is 2.57 bits per heavy atom. The van der Waals surface area contributed by atoms with Gasteiger partial charge in [-0.3, -0.25) is 0 Å². The number of hydrogen-bond acceptors (Lipinski definition) is 1. The largest absolute Gasteiger partial charge is 0.307 e. The number of nitrogens with one attached hydrogen (secondary N) is 1. The predicted octanol–water partition coefficient (Wildman–Crippen LogP) is 4.42. The second kappa shape index (κ2) is 6.40. The molecule has 21 heavy (non-hydrogen) atoms. The zero-order valence-corrected chi connectivity index (χ0v) is 12.5. The van der Waals surface area contributed by atoms with Gasteiger partial charge >= 0.3 is 0 Å². The van der Waals surface area contributed by atoms with Gasteiger partial charge in [-0.05, 0) is 42.9 Å². The van der Waals surface area contributed by atoms with E-state index in [0.717, 1.165) is 31.2 Å². The lowest BCUT2D eigenvalue weighted by Gasteiger charge is -2.30. The maximum absolute atomic E-state index is 14.0. The molecule has 0 spiro atoms. The van der Waals surface area contributed by atoms with Crippen LogP contribution >= 0.6 is 0 Å². The van der Waals surface area contributed by atoms with Crippen molar-refractivity contribution in [1.29, 1.82) is 0 Å². The van der Waals surface area contributed by atoms with Crippen LogP contribution in [0, 0.1) is 5.82 Å². The van der Waals surface area contributed by atoms with Gasteiger partial charge < -0.3 is 5.32 Å². The van der Waals surface area contributed by atoms with Crippen molar-refractivity contribution in [3.05, 3.63) is 71.0 Å². The standard InChI is InChI=1S/C19H22FN/c1-2-19(17-9-5-6-10-18(17)20)21-16-12-11-14-7-3-4-8-15(14)13-16/h3-10,16,19,21H,2,11-13H2,1H3. The summed E-state index contributed by atoms with van der Waals surface area (Å²) in [5.41, 5.74) is 3.69. The SMILES string of the molecule is CCC(NC1CCc2ccccc2C1)c1ccccc1F. The van der Waals surface area contributed by atoms with Gasteiger partial charge in [0.25, 0.3) is 0 Å². The monoisotopic (exact) mass is 283 g/mol. The quantitative estimate of drug-likeness (QED) is 0.875. The fraction of sp³-hybridized carbons (Fsp3) is 0.368. The Hall–Kier alpha value is -1.67. The molecule has 0 heterocycles. The molecule has 0 aliphatic heterocycles. The first-order chi connectivity index (χ1) is 10.3. The smallest absolute Gasteiger partial charge is 0.127 e. The molecule has 2 atom stereocenters. The summed E-state index contributed by atoms with van der Waals surface area (Å²) >= 11 is 0. The molecule has 110 valence electrons. The third-order valence-electron chi connectivity index (χ3n) is 4.47. The van der Waals surface area contributed by atoms with Crippen LogP contribution in [-0.2, 0) is 12.8 Å². The van der Waals surface area contributed by atoms with Crippen LogP contribution in [0.25, 0.3) is 0 Å². The Morgan fingerprint density at radius 2 is 1.81 bits per heavy atom. The summed E-state index contributed by atoms with van der Waals surface area (Å²) in [5.74, 6) is -0.104. The summed E-state index contributed by atoms with van der Waals surface area (Å²) in [6, 6.07) is 16.3. The van der Waals surface area contributed by atoms with E-state index >= 15 is 0 Å². The lowest BCUT2D eigenvalue weighted by molar-refractivity contribution is 0.383. The zero-order valence-electron chi connectivity index (χ0n) is 12.5. The molecule has 0 aromatic heterocycles. The van der Waals surface area contributed by atoms with Crippen molar-refractivity contribution < 1.29 is 4.39 Å². The molecule has 0 fully saturated rings. The summed E-state index contributed by atoms with van der Waals surface area (Å²) in [6.45, 7) is 2.11. The fourth-order valence-electron chi connectivity index (χ4n) is 3.31. The van der Waals surface area contributed by atoms with E-state index in [0.29, 0.717) is 6.04 Å². The molecule has 1 N–H and O–H groups in total. The molecule has 2 unspecified atom stereocenters. The molecule has 2 aromatic rings. The van der Waals surface area contributed by atoms with Crippen molar-refractivity contribution in [2.45, 2.75) is 44.7 Å². The van der Waals surface area contributed by atoms with E-state index < -0.39 is 0 Å². The molecule has 0 radical (unpaired) electrons. The highest BCUT2D eigenvalue weighted by atomic mass is 19.1. The fourth-order valence-corrected chi connectivity index (χ4v) is 3.31. The summed E-state index contributed by atoms with van der Waals surface area (Å²) in [6.07, 6.45) is 4.18. The van der Waals surface area contributed by atoms with Crippen LogP contribution in [0.2, 0.25) is 0 Å². The lowest BCUT2D eigenvalue weighted by atomic mass is 9.87. The van der Waals surface area contributed by atoms with Crippen LogP contribution in [0.15, 0.2) is 48.5 Å². The van der Waals surface area contributed by atoms with Crippen molar-refractivity contribution in [1.82, 2.24) is 5.32 Å². The summed E-state index contributed by atoms with van der Waals surface area (Å²) in [5, 5.41) is 3.66. The molecular weight excluding hydrogens is 261 g/mol. The number of rotatable bonds is 4. The highest BCUT2D eigenvalue weighted by molar-refractivity contribution is 5.30. The van der Waals surface area contributed by atoms with E-state index in [1.807, 2.05) is 12.1 Å². The third kappa shape index (κ3) is 3.16. The minimum atomic E-state index is -0.104. The average Bonchev–Trinajstić information content (AvgIpc) is 2.53. The zero-order chi connectivity index (χ0) is 14.7. The molecule has 0 bridgehead atoms. The van der Waals surface area contributed by atoms with Gasteiger partial charge in [-0.25, -0.2) is 4.39 Å². The molecule has 2 heteroatoms. The Morgan fingerprint density at radius 1 is 1.10 bits per heavy atom. The third-order valence-corrected chi connectivity index (χ3v) is 4.47. The normalized spacial score (nSPS) is 19.0. The molecule has 0 saturated heterocycles. The van der Waals surface area contributed by atoms with Gasteiger partial charge in [0.05, 0.1) is 0 Å². The first kappa shape index (κ1) is 14.3. The molecule has 1 aliphatic carbocycles. The Balaban J connectivity index is 1.73. The molecule has 0 amide bonds.